The maximum absolute atomic E-state index is 6.30. The highest BCUT2D eigenvalue weighted by atomic mass is 35.5. The molecule has 2 nitrogen and oxygen atoms in total. The number of ether oxygens (including phenoxy) is 1. The Kier molecular flexibility index (Phi) is 5.42. The molecule has 0 bridgehead atoms. The van der Waals surface area contributed by atoms with Crippen LogP contribution in [0, 0.1) is 19.8 Å². The van der Waals surface area contributed by atoms with E-state index in [1.165, 1.54) is 0 Å². The lowest BCUT2D eigenvalue weighted by molar-refractivity contribution is 0.335. The summed E-state index contributed by atoms with van der Waals surface area (Å²) in [5, 5.41) is 0.795. The molecule has 0 aliphatic heterocycles. The van der Waals surface area contributed by atoms with Crippen molar-refractivity contribution in [2.45, 2.75) is 34.1 Å². The van der Waals surface area contributed by atoms with E-state index in [0.29, 0.717) is 11.6 Å². The van der Waals surface area contributed by atoms with Crippen molar-refractivity contribution >= 4 is 28.8 Å². The Hall–Kier alpha value is -0.800. The number of halogens is 1. The molecule has 0 radical (unpaired) electrons. The predicted octanol–water partition coefficient (Wildman–Crippen LogP) is 3.82. The molecule has 100 valence electrons. The highest BCUT2D eigenvalue weighted by Gasteiger charge is 2.16. The molecule has 0 saturated carbocycles. The number of hydrogen-bond donors (Lipinski definition) is 1. The molecule has 0 saturated heterocycles. The first-order valence-corrected chi connectivity index (χ1v) is 6.87. The van der Waals surface area contributed by atoms with Crippen LogP contribution in [0.15, 0.2) is 6.07 Å². The minimum Gasteiger partial charge on any atom is -0.494 e. The SMILES string of the molecule is CCOc1cc(C)c(Cl)c(C)c1CC(C)C(N)=S. The van der Waals surface area contributed by atoms with E-state index in [-0.39, 0.29) is 5.92 Å². The highest BCUT2D eigenvalue weighted by Crippen LogP contribution is 2.33. The number of aryl methyl sites for hydroxylation is 1. The van der Waals surface area contributed by atoms with E-state index in [2.05, 4.69) is 0 Å². The first-order valence-electron chi connectivity index (χ1n) is 6.09. The third-order valence-corrected chi connectivity index (χ3v) is 4.05. The van der Waals surface area contributed by atoms with Crippen molar-refractivity contribution < 1.29 is 4.74 Å². The summed E-state index contributed by atoms with van der Waals surface area (Å²) in [6.45, 7) is 8.62. The van der Waals surface area contributed by atoms with E-state index in [9.17, 15) is 0 Å². The van der Waals surface area contributed by atoms with Crippen LogP contribution in [-0.2, 0) is 6.42 Å². The Morgan fingerprint density at radius 2 is 2.11 bits per heavy atom. The van der Waals surface area contributed by atoms with Crippen molar-refractivity contribution in [3.63, 3.8) is 0 Å². The zero-order valence-electron chi connectivity index (χ0n) is 11.3. The van der Waals surface area contributed by atoms with Gasteiger partial charge in [-0.1, -0.05) is 30.7 Å². The summed E-state index contributed by atoms with van der Waals surface area (Å²) in [4.78, 5) is 0.522. The van der Waals surface area contributed by atoms with Crippen LogP contribution in [0.5, 0.6) is 5.75 Å². The molecular weight excluding hydrogens is 266 g/mol. The van der Waals surface area contributed by atoms with Crippen molar-refractivity contribution in [1.29, 1.82) is 0 Å². The Balaban J connectivity index is 3.21. The van der Waals surface area contributed by atoms with E-state index in [4.69, 9.17) is 34.3 Å². The molecule has 0 heterocycles. The average molecular weight is 286 g/mol. The molecule has 0 aliphatic rings. The molecule has 1 rings (SSSR count). The summed E-state index contributed by atoms with van der Waals surface area (Å²) in [6, 6.07) is 1.99. The number of thiocarbonyl (C=S) groups is 1. The molecule has 0 amide bonds. The largest absolute Gasteiger partial charge is 0.494 e. The standard InChI is InChI=1S/C14H20ClNOS/c1-5-17-12-7-8(2)13(15)10(4)11(12)6-9(3)14(16)18/h7,9H,5-6H2,1-4H3,(H2,16,18). The smallest absolute Gasteiger partial charge is 0.123 e. The van der Waals surface area contributed by atoms with E-state index in [0.717, 1.165) is 33.9 Å². The third kappa shape index (κ3) is 3.36. The van der Waals surface area contributed by atoms with Gasteiger partial charge < -0.3 is 10.5 Å². The Bertz CT molecular complexity index is 460. The van der Waals surface area contributed by atoms with Gasteiger partial charge in [-0.3, -0.25) is 0 Å². The van der Waals surface area contributed by atoms with Gasteiger partial charge >= 0.3 is 0 Å². The maximum Gasteiger partial charge on any atom is 0.123 e. The quantitative estimate of drug-likeness (QED) is 0.836. The number of nitrogens with two attached hydrogens (primary N) is 1. The predicted molar refractivity (Wildman–Crippen MR) is 81.7 cm³/mol. The summed E-state index contributed by atoms with van der Waals surface area (Å²) < 4.78 is 5.69. The van der Waals surface area contributed by atoms with Crippen molar-refractivity contribution in [3.05, 3.63) is 27.8 Å². The average Bonchev–Trinajstić information content (AvgIpc) is 2.31. The number of benzene rings is 1. The van der Waals surface area contributed by atoms with Crippen LogP contribution < -0.4 is 10.5 Å². The van der Waals surface area contributed by atoms with Crippen LogP contribution in [-0.4, -0.2) is 11.6 Å². The van der Waals surface area contributed by atoms with Gasteiger partial charge in [0, 0.05) is 10.9 Å². The lowest BCUT2D eigenvalue weighted by Crippen LogP contribution is -2.21. The fraction of sp³-hybridized carbons (Fsp3) is 0.500. The minimum absolute atomic E-state index is 0.136. The Morgan fingerprint density at radius 1 is 1.50 bits per heavy atom. The second-order valence-electron chi connectivity index (χ2n) is 4.55. The molecule has 18 heavy (non-hydrogen) atoms. The third-order valence-electron chi connectivity index (χ3n) is 3.07. The fourth-order valence-corrected chi connectivity index (χ4v) is 2.16. The second-order valence-corrected chi connectivity index (χ2v) is 5.40. The summed E-state index contributed by atoms with van der Waals surface area (Å²) in [5.41, 5.74) is 8.88. The van der Waals surface area contributed by atoms with E-state index in [1.807, 2.05) is 33.8 Å². The molecule has 4 heteroatoms. The van der Waals surface area contributed by atoms with Crippen LogP contribution in [0.25, 0.3) is 0 Å². The molecule has 1 aromatic rings. The summed E-state index contributed by atoms with van der Waals surface area (Å²) in [7, 11) is 0. The molecule has 0 aliphatic carbocycles. The molecular formula is C14H20ClNOS. The summed E-state index contributed by atoms with van der Waals surface area (Å²) >= 11 is 11.3. The molecule has 1 atom stereocenters. The molecule has 0 fully saturated rings. The van der Waals surface area contributed by atoms with Gasteiger partial charge in [-0.15, -0.1) is 0 Å². The van der Waals surface area contributed by atoms with Crippen LogP contribution in [0.3, 0.4) is 0 Å². The van der Waals surface area contributed by atoms with Gasteiger partial charge in [0.15, 0.2) is 0 Å². The number of rotatable bonds is 5. The Labute approximate surface area is 119 Å². The van der Waals surface area contributed by atoms with Crippen LogP contribution in [0.1, 0.15) is 30.5 Å². The van der Waals surface area contributed by atoms with Crippen LogP contribution in [0.4, 0.5) is 0 Å². The van der Waals surface area contributed by atoms with Gasteiger partial charge in [0.1, 0.15) is 5.75 Å². The molecule has 0 aromatic heterocycles. The first kappa shape index (κ1) is 15.3. The van der Waals surface area contributed by atoms with Gasteiger partial charge in [0.25, 0.3) is 0 Å². The highest BCUT2D eigenvalue weighted by molar-refractivity contribution is 7.80. The molecule has 2 N–H and O–H groups in total. The van der Waals surface area contributed by atoms with E-state index in [1.54, 1.807) is 0 Å². The molecule has 1 aromatic carbocycles. The van der Waals surface area contributed by atoms with Crippen LogP contribution in [0.2, 0.25) is 5.02 Å². The fourth-order valence-electron chi connectivity index (χ4n) is 1.90. The zero-order chi connectivity index (χ0) is 13.9. The van der Waals surface area contributed by atoms with E-state index < -0.39 is 0 Å². The molecule has 0 spiro atoms. The van der Waals surface area contributed by atoms with Gasteiger partial charge in [0.2, 0.25) is 0 Å². The van der Waals surface area contributed by atoms with Crippen molar-refractivity contribution in [1.82, 2.24) is 0 Å². The molecule has 1 unspecified atom stereocenters. The van der Waals surface area contributed by atoms with Gasteiger partial charge in [0.05, 0.1) is 11.6 Å². The normalized spacial score (nSPS) is 12.3. The Morgan fingerprint density at radius 3 is 2.61 bits per heavy atom. The van der Waals surface area contributed by atoms with Crippen molar-refractivity contribution in [3.8, 4) is 5.75 Å². The summed E-state index contributed by atoms with van der Waals surface area (Å²) in [5.74, 6) is 1.02. The minimum atomic E-state index is 0.136. The van der Waals surface area contributed by atoms with Crippen molar-refractivity contribution in [2.24, 2.45) is 11.7 Å². The monoisotopic (exact) mass is 285 g/mol. The second kappa shape index (κ2) is 6.39. The topological polar surface area (TPSA) is 35.2 Å². The van der Waals surface area contributed by atoms with E-state index >= 15 is 0 Å². The first-order chi connectivity index (χ1) is 8.38. The zero-order valence-corrected chi connectivity index (χ0v) is 12.9. The summed E-state index contributed by atoms with van der Waals surface area (Å²) in [6.07, 6.45) is 0.760. The lowest BCUT2D eigenvalue weighted by atomic mass is 9.95. The maximum atomic E-state index is 6.30. The van der Waals surface area contributed by atoms with Crippen LogP contribution >= 0.6 is 23.8 Å². The van der Waals surface area contributed by atoms with Gasteiger partial charge in [-0.2, -0.15) is 0 Å². The van der Waals surface area contributed by atoms with Gasteiger partial charge in [-0.25, -0.2) is 0 Å². The lowest BCUT2D eigenvalue weighted by Gasteiger charge is -2.18. The number of hydrogen-bond acceptors (Lipinski definition) is 2. The van der Waals surface area contributed by atoms with Gasteiger partial charge in [-0.05, 0) is 49.9 Å². The van der Waals surface area contributed by atoms with Crippen molar-refractivity contribution in [2.75, 3.05) is 6.61 Å².